The van der Waals surface area contributed by atoms with Crippen molar-refractivity contribution in [2.45, 2.75) is 162 Å². The van der Waals surface area contributed by atoms with Gasteiger partial charge in [0.25, 0.3) is 0 Å². The number of aliphatic hydroxyl groups excluding tert-OH is 2. The van der Waals surface area contributed by atoms with Gasteiger partial charge >= 0.3 is 0 Å². The van der Waals surface area contributed by atoms with Gasteiger partial charge in [0.2, 0.25) is 0 Å². The standard InChI is InChI=1S/C34H66O6Si2/c1-25(22-28(36)27(3)21-26(2)24-37-41(12,13)32(4,5)6)19-17-16-18-20-29(40-42(14,15)33(7,8)9)31-30(23-35)38-34(10,11)39-31/h16-17,19,21,27-31,35-36H,18,20,22-24H2,1-15H3/b17-16+,25-19+,26-21+/t27-,28-,29+,30-,31-/m1/s1. The first-order chi connectivity index (χ1) is 18.9. The first kappa shape index (κ1) is 39.4. The van der Waals surface area contributed by atoms with Crippen molar-refractivity contribution in [1.82, 2.24) is 0 Å². The summed E-state index contributed by atoms with van der Waals surface area (Å²) in [6, 6.07) is 0. The molecule has 1 rings (SSSR count). The zero-order chi connectivity index (χ0) is 32.7. The Balaban J connectivity index is 2.78. The van der Waals surface area contributed by atoms with Crippen LogP contribution in [0.4, 0.5) is 0 Å². The van der Waals surface area contributed by atoms with Crippen LogP contribution in [0.25, 0.3) is 0 Å². The normalized spacial score (nSPS) is 23.5. The summed E-state index contributed by atoms with van der Waals surface area (Å²) < 4.78 is 25.4. The summed E-state index contributed by atoms with van der Waals surface area (Å²) in [4.78, 5) is 0. The van der Waals surface area contributed by atoms with E-state index >= 15 is 0 Å². The SMILES string of the molecule is C/C(=C\[C@@H](C)[C@H](O)C/C(C)=C/C=C/CC[C@H](O[Si](C)(C)C(C)(C)C)[C@H]1OC(C)(C)O[C@@H]1CO)CO[Si](C)(C)C(C)(C)C. The van der Waals surface area contributed by atoms with Crippen molar-refractivity contribution < 1.29 is 28.5 Å². The largest absolute Gasteiger partial charge is 0.413 e. The lowest BCUT2D eigenvalue weighted by atomic mass is 9.96. The monoisotopic (exact) mass is 626 g/mol. The first-order valence-electron chi connectivity index (χ1n) is 15.9. The van der Waals surface area contributed by atoms with Gasteiger partial charge in [0.15, 0.2) is 22.4 Å². The summed E-state index contributed by atoms with van der Waals surface area (Å²) in [6.07, 6.45) is 9.35. The number of hydrogen-bond donors (Lipinski definition) is 2. The third kappa shape index (κ3) is 12.4. The van der Waals surface area contributed by atoms with E-state index in [2.05, 4.69) is 113 Å². The molecule has 246 valence electrons. The van der Waals surface area contributed by atoms with E-state index in [1.165, 1.54) is 5.57 Å². The zero-order valence-electron chi connectivity index (χ0n) is 29.8. The molecule has 0 amide bonds. The Labute approximate surface area is 261 Å². The Morgan fingerprint density at radius 2 is 1.52 bits per heavy atom. The molecule has 42 heavy (non-hydrogen) atoms. The quantitative estimate of drug-likeness (QED) is 0.108. The van der Waals surface area contributed by atoms with Crippen molar-refractivity contribution in [3.05, 3.63) is 35.5 Å². The van der Waals surface area contributed by atoms with Crippen LogP contribution in [0, 0.1) is 5.92 Å². The minimum absolute atomic E-state index is 0.0472. The molecule has 0 bridgehead atoms. The molecular weight excluding hydrogens is 561 g/mol. The van der Waals surface area contributed by atoms with Crippen LogP contribution in [-0.2, 0) is 18.3 Å². The van der Waals surface area contributed by atoms with Crippen molar-refractivity contribution in [1.29, 1.82) is 0 Å². The van der Waals surface area contributed by atoms with Crippen molar-refractivity contribution in [2.75, 3.05) is 13.2 Å². The minimum atomic E-state index is -2.07. The van der Waals surface area contributed by atoms with Gasteiger partial charge in [0.1, 0.15) is 12.2 Å². The fourth-order valence-corrected chi connectivity index (χ4v) is 6.84. The van der Waals surface area contributed by atoms with Crippen LogP contribution in [0.5, 0.6) is 0 Å². The molecule has 5 atom stereocenters. The van der Waals surface area contributed by atoms with Crippen LogP contribution in [0.1, 0.15) is 95.4 Å². The summed E-state index contributed by atoms with van der Waals surface area (Å²) in [5.41, 5.74) is 2.31. The molecule has 0 aromatic rings. The second-order valence-corrected chi connectivity index (χ2v) is 25.5. The van der Waals surface area contributed by atoms with Gasteiger partial charge in [-0.25, -0.2) is 0 Å². The number of allylic oxidation sites excluding steroid dienone is 3. The molecule has 0 spiro atoms. The second-order valence-electron chi connectivity index (χ2n) is 15.9. The van der Waals surface area contributed by atoms with Crippen molar-refractivity contribution in [3.8, 4) is 0 Å². The smallest absolute Gasteiger partial charge is 0.192 e. The first-order valence-corrected chi connectivity index (χ1v) is 21.7. The Hall–Kier alpha value is -0.586. The van der Waals surface area contributed by atoms with Crippen LogP contribution >= 0.6 is 0 Å². The van der Waals surface area contributed by atoms with E-state index in [0.29, 0.717) is 13.0 Å². The fraction of sp³-hybridized carbons (Fsp3) is 0.824. The summed E-state index contributed by atoms with van der Waals surface area (Å²) in [6.45, 7) is 33.0. The van der Waals surface area contributed by atoms with E-state index in [0.717, 1.165) is 18.4 Å². The third-order valence-corrected chi connectivity index (χ3v) is 18.3. The maximum atomic E-state index is 10.9. The topological polar surface area (TPSA) is 77.4 Å². The molecule has 6 nitrogen and oxygen atoms in total. The molecule has 1 heterocycles. The van der Waals surface area contributed by atoms with Gasteiger partial charge < -0.3 is 28.5 Å². The lowest BCUT2D eigenvalue weighted by Gasteiger charge is -2.41. The molecule has 0 radical (unpaired) electrons. The van der Waals surface area contributed by atoms with E-state index in [1.807, 2.05) is 13.8 Å². The molecule has 0 unspecified atom stereocenters. The van der Waals surface area contributed by atoms with Gasteiger partial charge in [-0.3, -0.25) is 0 Å². The highest BCUT2D eigenvalue weighted by molar-refractivity contribution is 6.74. The van der Waals surface area contributed by atoms with Gasteiger partial charge in [-0.15, -0.1) is 0 Å². The summed E-state index contributed by atoms with van der Waals surface area (Å²) >= 11 is 0. The van der Waals surface area contributed by atoms with E-state index in [-0.39, 0.29) is 34.8 Å². The molecule has 0 aliphatic carbocycles. The highest BCUT2D eigenvalue weighted by Gasteiger charge is 2.48. The lowest BCUT2D eigenvalue weighted by molar-refractivity contribution is -0.156. The summed E-state index contributed by atoms with van der Waals surface area (Å²) in [7, 11) is -3.86. The van der Waals surface area contributed by atoms with Gasteiger partial charge in [-0.05, 0) is 83.2 Å². The Morgan fingerprint density at radius 3 is 2.05 bits per heavy atom. The zero-order valence-corrected chi connectivity index (χ0v) is 31.8. The van der Waals surface area contributed by atoms with E-state index < -0.39 is 34.6 Å². The second kappa shape index (κ2) is 15.6. The number of aliphatic hydroxyl groups is 2. The van der Waals surface area contributed by atoms with Crippen molar-refractivity contribution in [3.63, 3.8) is 0 Å². The van der Waals surface area contributed by atoms with Crippen LogP contribution < -0.4 is 0 Å². The van der Waals surface area contributed by atoms with Crippen LogP contribution in [0.15, 0.2) is 35.5 Å². The highest BCUT2D eigenvalue weighted by Crippen LogP contribution is 2.41. The number of rotatable bonds is 15. The van der Waals surface area contributed by atoms with Crippen LogP contribution in [0.2, 0.25) is 36.3 Å². The van der Waals surface area contributed by atoms with Crippen molar-refractivity contribution in [2.24, 2.45) is 5.92 Å². The summed E-state index contributed by atoms with van der Waals surface area (Å²) in [5, 5.41) is 21.1. The summed E-state index contributed by atoms with van der Waals surface area (Å²) in [5.74, 6) is -0.697. The molecular formula is C34H66O6Si2. The van der Waals surface area contributed by atoms with E-state index in [9.17, 15) is 10.2 Å². The predicted octanol–water partition coefficient (Wildman–Crippen LogP) is 8.53. The average molecular weight is 627 g/mol. The van der Waals surface area contributed by atoms with Gasteiger partial charge in [0, 0.05) is 5.92 Å². The highest BCUT2D eigenvalue weighted by atomic mass is 28.4. The molecule has 0 aromatic carbocycles. The molecule has 0 aromatic heterocycles. The van der Waals surface area contributed by atoms with Gasteiger partial charge in [-0.2, -0.15) is 0 Å². The molecule has 0 saturated carbocycles. The average Bonchev–Trinajstić information content (AvgIpc) is 3.14. The Morgan fingerprint density at radius 1 is 0.952 bits per heavy atom. The third-order valence-electron chi connectivity index (χ3n) is 9.31. The number of ether oxygens (including phenoxy) is 2. The molecule has 1 fully saturated rings. The number of hydrogen-bond acceptors (Lipinski definition) is 6. The maximum Gasteiger partial charge on any atom is 0.192 e. The van der Waals surface area contributed by atoms with E-state index in [4.69, 9.17) is 18.3 Å². The maximum absolute atomic E-state index is 10.9. The minimum Gasteiger partial charge on any atom is -0.413 e. The Kier molecular flexibility index (Phi) is 14.7. The molecule has 1 saturated heterocycles. The Bertz CT molecular complexity index is 923. The molecule has 8 heteroatoms. The molecule has 1 aliphatic heterocycles. The lowest BCUT2D eigenvalue weighted by Crippen LogP contribution is -2.49. The van der Waals surface area contributed by atoms with E-state index in [1.54, 1.807) is 0 Å². The fourth-order valence-electron chi connectivity index (χ4n) is 4.46. The van der Waals surface area contributed by atoms with Crippen LogP contribution in [-0.4, -0.2) is 70.3 Å². The van der Waals surface area contributed by atoms with Crippen molar-refractivity contribution >= 4 is 16.6 Å². The predicted molar refractivity (Wildman–Crippen MR) is 182 cm³/mol. The van der Waals surface area contributed by atoms with Gasteiger partial charge in [0.05, 0.1) is 25.4 Å². The molecule has 2 N–H and O–H groups in total. The van der Waals surface area contributed by atoms with Gasteiger partial charge in [-0.1, -0.05) is 83.9 Å². The molecule has 1 aliphatic rings. The van der Waals surface area contributed by atoms with Crippen LogP contribution in [0.3, 0.4) is 0 Å².